The fraction of sp³-hybridized carbons (Fsp3) is 0.500. The van der Waals surface area contributed by atoms with E-state index in [1.807, 2.05) is 23.1 Å². The normalized spacial score (nSPS) is 24.9. The van der Waals surface area contributed by atoms with Crippen molar-refractivity contribution < 1.29 is 14.7 Å². The number of carbonyl (C=O) groups is 2. The van der Waals surface area contributed by atoms with Crippen molar-refractivity contribution in [3.63, 3.8) is 0 Å². The number of carboxylic acids is 1. The van der Waals surface area contributed by atoms with E-state index in [9.17, 15) is 14.7 Å². The van der Waals surface area contributed by atoms with E-state index in [0.717, 1.165) is 19.4 Å². The lowest BCUT2D eigenvalue weighted by atomic mass is 9.99. The SMILES string of the molecule is O=C(O)C(CNC(=O)N1CC2CCC1C2)c1ccccc1. The number of amides is 2. The second-order valence-electron chi connectivity index (χ2n) is 5.97. The van der Waals surface area contributed by atoms with Gasteiger partial charge in [-0.1, -0.05) is 30.3 Å². The van der Waals surface area contributed by atoms with Crippen molar-refractivity contribution in [1.82, 2.24) is 10.2 Å². The molecule has 1 saturated heterocycles. The van der Waals surface area contributed by atoms with Crippen LogP contribution in [-0.2, 0) is 4.79 Å². The van der Waals surface area contributed by atoms with Gasteiger partial charge in [0.05, 0.1) is 5.92 Å². The first-order chi connectivity index (χ1) is 10.1. The number of carbonyl (C=O) groups excluding carboxylic acids is 1. The van der Waals surface area contributed by atoms with Crippen LogP contribution in [0.3, 0.4) is 0 Å². The molecule has 1 aromatic carbocycles. The fourth-order valence-corrected chi connectivity index (χ4v) is 3.50. The summed E-state index contributed by atoms with van der Waals surface area (Å²) in [5, 5.41) is 12.1. The molecule has 0 radical (unpaired) electrons. The molecule has 3 unspecified atom stereocenters. The Morgan fingerprint density at radius 2 is 2.05 bits per heavy atom. The molecule has 1 saturated carbocycles. The zero-order chi connectivity index (χ0) is 14.8. The van der Waals surface area contributed by atoms with Crippen molar-refractivity contribution in [3.05, 3.63) is 35.9 Å². The number of nitrogens with one attached hydrogen (secondary N) is 1. The van der Waals surface area contributed by atoms with Crippen LogP contribution < -0.4 is 5.32 Å². The Bertz CT molecular complexity index is 532. The number of likely N-dealkylation sites (tertiary alicyclic amines) is 1. The first-order valence-corrected chi connectivity index (χ1v) is 7.47. The largest absolute Gasteiger partial charge is 0.481 e. The lowest BCUT2D eigenvalue weighted by molar-refractivity contribution is -0.138. The summed E-state index contributed by atoms with van der Waals surface area (Å²) in [6, 6.07) is 9.27. The lowest BCUT2D eigenvalue weighted by Crippen LogP contribution is -2.45. The van der Waals surface area contributed by atoms with Crippen molar-refractivity contribution in [3.8, 4) is 0 Å². The van der Waals surface area contributed by atoms with E-state index in [-0.39, 0.29) is 12.6 Å². The van der Waals surface area contributed by atoms with E-state index in [2.05, 4.69) is 5.32 Å². The molecule has 1 aromatic rings. The predicted molar refractivity (Wildman–Crippen MR) is 78.1 cm³/mol. The summed E-state index contributed by atoms with van der Waals surface area (Å²) in [5.74, 6) is -0.968. The van der Waals surface area contributed by atoms with Gasteiger partial charge < -0.3 is 15.3 Å². The minimum absolute atomic E-state index is 0.121. The maximum absolute atomic E-state index is 12.2. The molecule has 112 valence electrons. The molecule has 2 N–H and O–H groups in total. The highest BCUT2D eigenvalue weighted by Gasteiger charge is 2.40. The number of urea groups is 1. The third kappa shape index (κ3) is 2.86. The van der Waals surface area contributed by atoms with Gasteiger partial charge in [-0.15, -0.1) is 0 Å². The Morgan fingerprint density at radius 3 is 2.62 bits per heavy atom. The average Bonchev–Trinajstić information content (AvgIpc) is 3.11. The van der Waals surface area contributed by atoms with Gasteiger partial charge in [0.25, 0.3) is 0 Å². The Balaban J connectivity index is 1.60. The van der Waals surface area contributed by atoms with Crippen molar-refractivity contribution in [2.75, 3.05) is 13.1 Å². The maximum Gasteiger partial charge on any atom is 0.317 e. The highest BCUT2D eigenvalue weighted by molar-refractivity contribution is 5.79. The number of hydrogen-bond acceptors (Lipinski definition) is 2. The zero-order valence-electron chi connectivity index (χ0n) is 11.9. The topological polar surface area (TPSA) is 69.6 Å². The molecule has 2 bridgehead atoms. The van der Waals surface area contributed by atoms with Gasteiger partial charge in [-0.2, -0.15) is 0 Å². The summed E-state index contributed by atoms with van der Waals surface area (Å²) in [6.07, 6.45) is 3.41. The number of fused-ring (bicyclic) bond motifs is 2. The summed E-state index contributed by atoms with van der Waals surface area (Å²) in [6.45, 7) is 0.950. The van der Waals surface area contributed by atoms with Crippen LogP contribution in [0.1, 0.15) is 30.7 Å². The molecule has 5 heteroatoms. The molecule has 21 heavy (non-hydrogen) atoms. The van der Waals surface area contributed by atoms with E-state index < -0.39 is 11.9 Å². The molecule has 1 aliphatic heterocycles. The predicted octanol–water partition coefficient (Wildman–Crippen LogP) is 2.05. The van der Waals surface area contributed by atoms with E-state index in [1.54, 1.807) is 12.1 Å². The minimum Gasteiger partial charge on any atom is -0.481 e. The third-order valence-electron chi connectivity index (χ3n) is 4.63. The molecule has 3 atom stereocenters. The van der Waals surface area contributed by atoms with Crippen LogP contribution in [-0.4, -0.2) is 41.1 Å². The molecule has 2 fully saturated rings. The molecule has 3 rings (SSSR count). The molecule has 2 amide bonds. The van der Waals surface area contributed by atoms with E-state index >= 15 is 0 Å². The molecule has 1 aliphatic carbocycles. The number of aliphatic carboxylic acids is 1. The number of benzene rings is 1. The van der Waals surface area contributed by atoms with Crippen LogP contribution in [0.5, 0.6) is 0 Å². The van der Waals surface area contributed by atoms with Crippen molar-refractivity contribution in [2.24, 2.45) is 5.92 Å². The van der Waals surface area contributed by atoms with E-state index in [0.29, 0.717) is 17.5 Å². The minimum atomic E-state index is -0.913. The van der Waals surface area contributed by atoms with Crippen LogP contribution in [0.25, 0.3) is 0 Å². The van der Waals surface area contributed by atoms with Crippen molar-refractivity contribution in [2.45, 2.75) is 31.2 Å². The van der Waals surface area contributed by atoms with Gasteiger partial charge in [-0.05, 0) is 30.7 Å². The van der Waals surface area contributed by atoms with E-state index in [1.165, 1.54) is 6.42 Å². The first-order valence-electron chi connectivity index (χ1n) is 7.47. The Morgan fingerprint density at radius 1 is 1.29 bits per heavy atom. The lowest BCUT2D eigenvalue weighted by Gasteiger charge is -2.27. The molecule has 1 heterocycles. The summed E-state index contributed by atoms with van der Waals surface area (Å²) in [4.78, 5) is 25.5. The quantitative estimate of drug-likeness (QED) is 0.891. The number of carboxylic acid groups (broad SMARTS) is 1. The van der Waals surface area contributed by atoms with Crippen LogP contribution in [0.15, 0.2) is 30.3 Å². The first kappa shape index (κ1) is 13.9. The Labute approximate surface area is 123 Å². The summed E-state index contributed by atoms with van der Waals surface area (Å²) in [7, 11) is 0. The van der Waals surface area contributed by atoms with Gasteiger partial charge in [0.1, 0.15) is 0 Å². The summed E-state index contributed by atoms with van der Waals surface area (Å²) < 4.78 is 0. The number of hydrogen-bond donors (Lipinski definition) is 2. The van der Waals surface area contributed by atoms with Gasteiger partial charge >= 0.3 is 12.0 Å². The van der Waals surface area contributed by atoms with Crippen molar-refractivity contribution >= 4 is 12.0 Å². The van der Waals surface area contributed by atoms with Crippen molar-refractivity contribution in [1.29, 1.82) is 0 Å². The second-order valence-corrected chi connectivity index (χ2v) is 5.97. The molecule has 5 nitrogen and oxygen atoms in total. The van der Waals surface area contributed by atoms with Gasteiger partial charge in [0.2, 0.25) is 0 Å². The zero-order valence-corrected chi connectivity index (χ0v) is 11.9. The van der Waals surface area contributed by atoms with Gasteiger partial charge in [-0.3, -0.25) is 4.79 Å². The van der Waals surface area contributed by atoms with Crippen LogP contribution in [0, 0.1) is 5.92 Å². The standard InChI is InChI=1S/C16H20N2O3/c19-15(20)14(12-4-2-1-3-5-12)9-17-16(21)18-10-11-6-7-13(18)8-11/h1-5,11,13-14H,6-10H2,(H,17,21)(H,19,20). The Kier molecular flexibility index (Phi) is 3.82. The summed E-state index contributed by atoms with van der Waals surface area (Å²) >= 11 is 0. The monoisotopic (exact) mass is 288 g/mol. The molecule has 2 aliphatic rings. The van der Waals surface area contributed by atoms with Crippen LogP contribution in [0.4, 0.5) is 4.79 Å². The Hall–Kier alpha value is -2.04. The maximum atomic E-state index is 12.2. The number of nitrogens with zero attached hydrogens (tertiary/aromatic N) is 1. The average molecular weight is 288 g/mol. The van der Waals surface area contributed by atoms with Gasteiger partial charge in [-0.25, -0.2) is 4.79 Å². The summed E-state index contributed by atoms with van der Waals surface area (Å²) in [5.41, 5.74) is 0.716. The van der Waals surface area contributed by atoms with E-state index in [4.69, 9.17) is 0 Å². The highest BCUT2D eigenvalue weighted by atomic mass is 16.4. The molecular formula is C16H20N2O3. The number of rotatable bonds is 4. The highest BCUT2D eigenvalue weighted by Crippen LogP contribution is 2.37. The molecule has 0 aromatic heterocycles. The van der Waals surface area contributed by atoms with Gasteiger partial charge in [0.15, 0.2) is 0 Å². The number of piperidine rings is 1. The smallest absolute Gasteiger partial charge is 0.317 e. The molecule has 0 spiro atoms. The third-order valence-corrected chi connectivity index (χ3v) is 4.63. The van der Waals surface area contributed by atoms with Crippen LogP contribution >= 0.6 is 0 Å². The van der Waals surface area contributed by atoms with Crippen LogP contribution in [0.2, 0.25) is 0 Å². The fourth-order valence-electron chi connectivity index (χ4n) is 3.50. The van der Waals surface area contributed by atoms with Gasteiger partial charge in [0, 0.05) is 19.1 Å². The molecular weight excluding hydrogens is 268 g/mol. The second kappa shape index (κ2) is 5.76.